The maximum absolute atomic E-state index is 12.2. The molecule has 0 heterocycles. The van der Waals surface area contributed by atoms with Crippen molar-refractivity contribution < 1.29 is 4.79 Å². The minimum Gasteiger partial charge on any atom is -0.330 e. The summed E-state index contributed by atoms with van der Waals surface area (Å²) in [6.07, 6.45) is 0.677. The molecule has 0 aliphatic rings. The van der Waals surface area contributed by atoms with Crippen molar-refractivity contribution in [2.45, 2.75) is 27.2 Å². The maximum Gasteiger partial charge on any atom is 0.228 e. The minimum absolute atomic E-state index is 0.00383. The van der Waals surface area contributed by atoms with E-state index in [-0.39, 0.29) is 29.3 Å². The molecule has 0 saturated heterocycles. The fraction of sp³-hybridized carbons (Fsp3) is 0.438. The van der Waals surface area contributed by atoms with Crippen LogP contribution < -0.4 is 11.1 Å². The van der Waals surface area contributed by atoms with Crippen molar-refractivity contribution >= 4 is 11.6 Å². The molecule has 21 heavy (non-hydrogen) atoms. The first kappa shape index (κ1) is 16.7. The Kier molecular flexibility index (Phi) is 5.46. The zero-order chi connectivity index (χ0) is 16.0. The van der Waals surface area contributed by atoms with Crippen LogP contribution in [0.2, 0.25) is 0 Å². The normalized spacial score (nSPS) is 12.1. The highest BCUT2D eigenvalue weighted by atomic mass is 16.1. The molecule has 0 radical (unpaired) electrons. The molecule has 1 atom stereocenters. The molecule has 1 aromatic rings. The Labute approximate surface area is 125 Å². The Morgan fingerprint density at radius 1 is 1.29 bits per heavy atom. The van der Waals surface area contributed by atoms with E-state index in [1.807, 2.05) is 12.1 Å². The predicted molar refractivity (Wildman–Crippen MR) is 81.1 cm³/mol. The summed E-state index contributed by atoms with van der Waals surface area (Å²) in [4.78, 5) is 12.2. The van der Waals surface area contributed by atoms with Crippen LogP contribution in [0.1, 0.15) is 38.3 Å². The number of amides is 1. The van der Waals surface area contributed by atoms with Gasteiger partial charge in [0.15, 0.2) is 0 Å². The number of nitrogens with two attached hydrogens (primary N) is 1. The summed E-state index contributed by atoms with van der Waals surface area (Å²) in [5.41, 5.74) is 6.72. The summed E-state index contributed by atoms with van der Waals surface area (Å²) in [6, 6.07) is 8.52. The second-order valence-electron chi connectivity index (χ2n) is 6.17. The van der Waals surface area contributed by atoms with Gasteiger partial charge in [0.2, 0.25) is 5.91 Å². The van der Waals surface area contributed by atoms with E-state index in [2.05, 4.69) is 26.1 Å². The largest absolute Gasteiger partial charge is 0.330 e. The second-order valence-corrected chi connectivity index (χ2v) is 6.17. The third-order valence-corrected chi connectivity index (χ3v) is 3.04. The molecule has 0 saturated carbocycles. The van der Waals surface area contributed by atoms with Crippen LogP contribution in [0, 0.1) is 34.0 Å². The van der Waals surface area contributed by atoms with Crippen LogP contribution in [-0.4, -0.2) is 12.5 Å². The number of hydrogen-bond donors (Lipinski definition) is 2. The highest BCUT2D eigenvalue weighted by molar-refractivity contribution is 5.93. The smallest absolute Gasteiger partial charge is 0.228 e. The maximum atomic E-state index is 12.2. The summed E-state index contributed by atoms with van der Waals surface area (Å²) in [5.74, 6) is -0.452. The van der Waals surface area contributed by atoms with Crippen molar-refractivity contribution in [3.8, 4) is 12.1 Å². The lowest BCUT2D eigenvalue weighted by molar-refractivity contribution is -0.120. The second kappa shape index (κ2) is 6.88. The first-order valence-corrected chi connectivity index (χ1v) is 6.76. The molecule has 110 valence electrons. The molecule has 0 spiro atoms. The Morgan fingerprint density at radius 3 is 2.38 bits per heavy atom. The summed E-state index contributed by atoms with van der Waals surface area (Å²) in [7, 11) is 0. The van der Waals surface area contributed by atoms with E-state index in [4.69, 9.17) is 16.3 Å². The van der Waals surface area contributed by atoms with Gasteiger partial charge in [-0.25, -0.2) is 0 Å². The number of nitriles is 2. The predicted octanol–water partition coefficient (Wildman–Crippen LogP) is 2.38. The summed E-state index contributed by atoms with van der Waals surface area (Å²) in [5, 5.41) is 20.6. The average molecular weight is 284 g/mol. The van der Waals surface area contributed by atoms with Crippen LogP contribution >= 0.6 is 0 Å². The van der Waals surface area contributed by atoms with E-state index in [0.29, 0.717) is 17.7 Å². The van der Waals surface area contributed by atoms with Gasteiger partial charge < -0.3 is 11.1 Å². The number of nitrogens with one attached hydrogen (secondary N) is 1. The number of anilines is 1. The van der Waals surface area contributed by atoms with Crippen LogP contribution in [0.25, 0.3) is 0 Å². The van der Waals surface area contributed by atoms with Crippen molar-refractivity contribution in [1.29, 1.82) is 10.5 Å². The van der Waals surface area contributed by atoms with Gasteiger partial charge in [0.05, 0.1) is 17.0 Å². The van der Waals surface area contributed by atoms with Gasteiger partial charge >= 0.3 is 0 Å². The molecule has 5 nitrogen and oxygen atoms in total. The van der Waals surface area contributed by atoms with Gasteiger partial charge in [-0.15, -0.1) is 0 Å². The van der Waals surface area contributed by atoms with E-state index in [1.54, 1.807) is 6.07 Å². The third-order valence-electron chi connectivity index (χ3n) is 3.04. The molecule has 3 N–H and O–H groups in total. The van der Waals surface area contributed by atoms with Crippen molar-refractivity contribution in [2.75, 3.05) is 11.9 Å². The molecule has 1 amide bonds. The molecule has 0 bridgehead atoms. The topological polar surface area (TPSA) is 103 Å². The van der Waals surface area contributed by atoms with Gasteiger partial charge in [-0.05, 0) is 30.0 Å². The van der Waals surface area contributed by atoms with Crippen LogP contribution in [0.5, 0.6) is 0 Å². The lowest BCUT2D eigenvalue weighted by Crippen LogP contribution is -2.32. The summed E-state index contributed by atoms with van der Waals surface area (Å²) < 4.78 is 0. The molecule has 0 aliphatic carbocycles. The molecular weight excluding hydrogens is 264 g/mol. The van der Waals surface area contributed by atoms with Gasteiger partial charge in [0.1, 0.15) is 12.1 Å². The van der Waals surface area contributed by atoms with E-state index >= 15 is 0 Å². The Morgan fingerprint density at radius 2 is 1.90 bits per heavy atom. The number of carbonyl (C=O) groups excluding carboxylic acids is 1. The molecule has 0 aliphatic heterocycles. The fourth-order valence-corrected chi connectivity index (χ4v) is 2.08. The van der Waals surface area contributed by atoms with Gasteiger partial charge in [0.25, 0.3) is 0 Å². The number of nitrogens with zero attached hydrogens (tertiary/aromatic N) is 2. The van der Waals surface area contributed by atoms with E-state index in [1.165, 1.54) is 12.1 Å². The van der Waals surface area contributed by atoms with Gasteiger partial charge in [-0.1, -0.05) is 20.8 Å². The fourth-order valence-electron chi connectivity index (χ4n) is 2.08. The molecule has 1 aromatic carbocycles. The van der Waals surface area contributed by atoms with Crippen molar-refractivity contribution in [3.63, 3.8) is 0 Å². The highest BCUT2D eigenvalue weighted by Crippen LogP contribution is 2.25. The summed E-state index contributed by atoms with van der Waals surface area (Å²) >= 11 is 0. The van der Waals surface area contributed by atoms with Crippen LogP contribution in [0.15, 0.2) is 18.2 Å². The van der Waals surface area contributed by atoms with Crippen LogP contribution in [0.4, 0.5) is 5.69 Å². The van der Waals surface area contributed by atoms with E-state index in [0.717, 1.165) is 0 Å². The zero-order valence-corrected chi connectivity index (χ0v) is 12.6. The SMILES string of the molecule is CC(C)(C)CC(CN)C(=O)Nc1ccc(C#N)c(C#N)c1. The lowest BCUT2D eigenvalue weighted by atomic mass is 9.84. The van der Waals surface area contributed by atoms with E-state index < -0.39 is 0 Å². The zero-order valence-electron chi connectivity index (χ0n) is 12.6. The minimum atomic E-state index is -0.286. The summed E-state index contributed by atoms with van der Waals surface area (Å²) in [6.45, 7) is 6.43. The first-order valence-electron chi connectivity index (χ1n) is 6.76. The standard InChI is InChI=1S/C16H20N4O/c1-16(2,3)7-13(10-19)15(21)20-14-5-4-11(8-17)12(6-14)9-18/h4-6,13H,7,10,19H2,1-3H3,(H,20,21). The van der Waals surface area contributed by atoms with E-state index in [9.17, 15) is 4.79 Å². The molecule has 5 heteroatoms. The van der Waals surface area contributed by atoms with Crippen molar-refractivity contribution in [1.82, 2.24) is 0 Å². The van der Waals surface area contributed by atoms with Gasteiger partial charge in [-0.3, -0.25) is 4.79 Å². The lowest BCUT2D eigenvalue weighted by Gasteiger charge is -2.24. The molecule has 1 unspecified atom stereocenters. The van der Waals surface area contributed by atoms with Crippen molar-refractivity contribution in [2.24, 2.45) is 17.1 Å². The van der Waals surface area contributed by atoms with Crippen molar-refractivity contribution in [3.05, 3.63) is 29.3 Å². The number of hydrogen-bond acceptors (Lipinski definition) is 4. The Balaban J connectivity index is 2.88. The monoisotopic (exact) mass is 284 g/mol. The van der Waals surface area contributed by atoms with Crippen LogP contribution in [-0.2, 0) is 4.79 Å². The van der Waals surface area contributed by atoms with Crippen LogP contribution in [0.3, 0.4) is 0 Å². The number of carbonyl (C=O) groups is 1. The number of benzene rings is 1. The number of rotatable bonds is 4. The molecule has 1 rings (SSSR count). The van der Waals surface area contributed by atoms with Gasteiger partial charge in [0, 0.05) is 12.2 Å². The molecular formula is C16H20N4O. The third kappa shape index (κ3) is 4.91. The van der Waals surface area contributed by atoms with Gasteiger partial charge in [-0.2, -0.15) is 10.5 Å². The quantitative estimate of drug-likeness (QED) is 0.885. The average Bonchev–Trinajstić information content (AvgIpc) is 2.43. The Hall–Kier alpha value is -2.37. The molecule has 0 aromatic heterocycles. The highest BCUT2D eigenvalue weighted by Gasteiger charge is 2.23. The first-order chi connectivity index (χ1) is 9.80. The molecule has 0 fully saturated rings. The Bertz CT molecular complexity index is 602.